The number of aromatic nitrogens is 3. The Kier molecular flexibility index (Phi) is 5.68. The molecule has 3 nitrogen and oxygen atoms in total. The summed E-state index contributed by atoms with van der Waals surface area (Å²) in [6.45, 7) is 5.10. The lowest BCUT2D eigenvalue weighted by Crippen LogP contribution is -1.99. The third-order valence-electron chi connectivity index (χ3n) is 3.70. The van der Waals surface area contributed by atoms with Crippen LogP contribution in [0.15, 0.2) is 40.9 Å². The molecule has 0 amide bonds. The fourth-order valence-corrected chi connectivity index (χ4v) is 4.46. The van der Waals surface area contributed by atoms with E-state index in [1.807, 2.05) is 6.07 Å². The molecule has 0 fully saturated rings. The molecule has 2 heterocycles. The summed E-state index contributed by atoms with van der Waals surface area (Å²) in [6.07, 6.45) is 2.25. The number of aryl methyl sites for hydroxylation is 1. The summed E-state index contributed by atoms with van der Waals surface area (Å²) in [5.41, 5.74) is 2.09. The van der Waals surface area contributed by atoms with Gasteiger partial charge >= 0.3 is 0 Å². The molecule has 3 aromatic rings. The molecule has 6 heteroatoms. The second-order valence-corrected chi connectivity index (χ2v) is 7.46. The van der Waals surface area contributed by atoms with Crippen molar-refractivity contribution in [2.75, 3.05) is 0 Å². The zero-order chi connectivity index (χ0) is 16.9. The van der Waals surface area contributed by atoms with E-state index in [2.05, 4.69) is 40.1 Å². The quantitative estimate of drug-likeness (QED) is 0.527. The first kappa shape index (κ1) is 17.2. The first-order chi connectivity index (χ1) is 11.7. The molecular formula is C18H20FN3S2. The molecule has 0 radical (unpaired) electrons. The van der Waals surface area contributed by atoms with Gasteiger partial charge in [0.1, 0.15) is 5.82 Å². The van der Waals surface area contributed by atoms with Gasteiger partial charge < -0.3 is 4.57 Å². The Morgan fingerprint density at radius 2 is 2.08 bits per heavy atom. The molecule has 24 heavy (non-hydrogen) atoms. The van der Waals surface area contributed by atoms with Gasteiger partial charge in [-0.25, -0.2) is 4.39 Å². The maximum Gasteiger partial charge on any atom is 0.191 e. The van der Waals surface area contributed by atoms with E-state index in [0.29, 0.717) is 5.75 Å². The van der Waals surface area contributed by atoms with E-state index in [0.717, 1.165) is 41.5 Å². The summed E-state index contributed by atoms with van der Waals surface area (Å²) in [7, 11) is 0. The van der Waals surface area contributed by atoms with Crippen molar-refractivity contribution in [1.82, 2.24) is 14.8 Å². The van der Waals surface area contributed by atoms with E-state index >= 15 is 0 Å². The lowest BCUT2D eigenvalue weighted by Gasteiger charge is -2.06. The van der Waals surface area contributed by atoms with Crippen LogP contribution in [-0.4, -0.2) is 14.8 Å². The summed E-state index contributed by atoms with van der Waals surface area (Å²) in [5, 5.41) is 11.8. The summed E-state index contributed by atoms with van der Waals surface area (Å²) in [6, 6.07) is 8.91. The van der Waals surface area contributed by atoms with Gasteiger partial charge in [0.05, 0.1) is 0 Å². The van der Waals surface area contributed by atoms with Crippen LogP contribution < -0.4 is 0 Å². The van der Waals surface area contributed by atoms with Gasteiger partial charge in [-0.2, -0.15) is 0 Å². The topological polar surface area (TPSA) is 30.7 Å². The van der Waals surface area contributed by atoms with Crippen LogP contribution in [0.25, 0.3) is 11.4 Å². The summed E-state index contributed by atoms with van der Waals surface area (Å²) in [5.74, 6) is 1.39. The Morgan fingerprint density at radius 3 is 2.83 bits per heavy atom. The van der Waals surface area contributed by atoms with Gasteiger partial charge in [-0.1, -0.05) is 37.2 Å². The highest BCUT2D eigenvalue weighted by Crippen LogP contribution is 2.29. The van der Waals surface area contributed by atoms with Gasteiger partial charge in [-0.3, -0.25) is 0 Å². The van der Waals surface area contributed by atoms with Crippen molar-refractivity contribution < 1.29 is 4.39 Å². The van der Waals surface area contributed by atoms with Gasteiger partial charge in [0.2, 0.25) is 0 Å². The molecule has 0 saturated heterocycles. The van der Waals surface area contributed by atoms with Crippen LogP contribution in [0.4, 0.5) is 4.39 Å². The summed E-state index contributed by atoms with van der Waals surface area (Å²) < 4.78 is 15.4. The third-order valence-corrected chi connectivity index (χ3v) is 5.73. The average molecular weight is 362 g/mol. The smallest absolute Gasteiger partial charge is 0.191 e. The number of benzene rings is 1. The molecular weight excluding hydrogens is 341 g/mol. The van der Waals surface area contributed by atoms with Crippen molar-refractivity contribution >= 4 is 23.1 Å². The first-order valence-corrected chi connectivity index (χ1v) is 9.96. The number of thiophene rings is 1. The molecule has 1 aromatic carbocycles. The predicted octanol–water partition coefficient (Wildman–Crippen LogP) is 5.41. The van der Waals surface area contributed by atoms with Crippen molar-refractivity contribution in [3.8, 4) is 11.4 Å². The van der Waals surface area contributed by atoms with Gasteiger partial charge in [0, 0.05) is 28.1 Å². The minimum absolute atomic E-state index is 0.201. The molecule has 3 rings (SSSR count). The molecule has 0 aliphatic carbocycles. The molecule has 126 valence electrons. The summed E-state index contributed by atoms with van der Waals surface area (Å²) >= 11 is 3.37. The molecule has 0 saturated carbocycles. The number of hydrogen-bond acceptors (Lipinski definition) is 4. The minimum atomic E-state index is -0.201. The van der Waals surface area contributed by atoms with Crippen molar-refractivity contribution in [2.45, 2.75) is 44.1 Å². The number of nitrogens with zero attached hydrogens (tertiary/aromatic N) is 3. The van der Waals surface area contributed by atoms with Gasteiger partial charge in [0.15, 0.2) is 11.0 Å². The summed E-state index contributed by atoms with van der Waals surface area (Å²) in [4.78, 5) is 1.38. The highest BCUT2D eigenvalue weighted by Gasteiger charge is 2.14. The van der Waals surface area contributed by atoms with Crippen molar-refractivity contribution in [3.63, 3.8) is 0 Å². The Hall–Kier alpha value is -1.66. The fraction of sp³-hybridized carbons (Fsp3) is 0.333. The second kappa shape index (κ2) is 7.94. The zero-order valence-electron chi connectivity index (χ0n) is 13.8. The Balaban J connectivity index is 1.78. The first-order valence-electron chi connectivity index (χ1n) is 8.09. The SMILES string of the molecule is CCCc1cc(-c2nnc(SCc3cccc(F)c3)n2CC)cs1. The van der Waals surface area contributed by atoms with Crippen LogP contribution in [0, 0.1) is 5.82 Å². The van der Waals surface area contributed by atoms with Crippen LogP contribution in [-0.2, 0) is 18.7 Å². The molecule has 0 spiro atoms. The maximum absolute atomic E-state index is 13.3. The monoisotopic (exact) mass is 361 g/mol. The number of thioether (sulfide) groups is 1. The average Bonchev–Trinajstić information content (AvgIpc) is 3.19. The van der Waals surface area contributed by atoms with Gasteiger partial charge in [-0.05, 0) is 37.1 Å². The highest BCUT2D eigenvalue weighted by atomic mass is 32.2. The van der Waals surface area contributed by atoms with Crippen molar-refractivity contribution in [2.24, 2.45) is 0 Å². The van der Waals surface area contributed by atoms with Gasteiger partial charge in [-0.15, -0.1) is 21.5 Å². The molecule has 0 aliphatic rings. The standard InChI is InChI=1S/C18H20FN3S2/c1-3-6-16-10-14(12-23-16)17-20-21-18(22(17)4-2)24-11-13-7-5-8-15(19)9-13/h5,7-10,12H,3-4,6,11H2,1-2H3. The molecule has 0 bridgehead atoms. The van der Waals surface area contributed by atoms with Crippen molar-refractivity contribution in [1.29, 1.82) is 0 Å². The van der Waals surface area contributed by atoms with E-state index < -0.39 is 0 Å². The highest BCUT2D eigenvalue weighted by molar-refractivity contribution is 7.98. The largest absolute Gasteiger partial charge is 0.302 e. The number of rotatable bonds is 7. The Labute approximate surface area is 149 Å². The van der Waals surface area contributed by atoms with Crippen molar-refractivity contribution in [3.05, 3.63) is 52.0 Å². The normalized spacial score (nSPS) is 11.1. The number of hydrogen-bond donors (Lipinski definition) is 0. The molecule has 0 aliphatic heterocycles. The van der Waals surface area contributed by atoms with E-state index in [1.165, 1.54) is 10.9 Å². The third kappa shape index (κ3) is 3.87. The van der Waals surface area contributed by atoms with Crippen LogP contribution in [0.3, 0.4) is 0 Å². The molecule has 0 N–H and O–H groups in total. The van der Waals surface area contributed by atoms with Gasteiger partial charge in [0.25, 0.3) is 0 Å². The second-order valence-electron chi connectivity index (χ2n) is 5.52. The lowest BCUT2D eigenvalue weighted by molar-refractivity contribution is 0.626. The van der Waals surface area contributed by atoms with E-state index in [4.69, 9.17) is 0 Å². The predicted molar refractivity (Wildman–Crippen MR) is 99.0 cm³/mol. The number of halogens is 1. The molecule has 0 unspecified atom stereocenters. The van der Waals surface area contributed by atoms with Crippen LogP contribution in [0.5, 0.6) is 0 Å². The molecule has 0 atom stereocenters. The maximum atomic E-state index is 13.3. The van der Waals surface area contributed by atoms with E-state index in [1.54, 1.807) is 35.2 Å². The Bertz CT molecular complexity index is 810. The van der Waals surface area contributed by atoms with E-state index in [9.17, 15) is 4.39 Å². The van der Waals surface area contributed by atoms with Crippen LogP contribution >= 0.6 is 23.1 Å². The van der Waals surface area contributed by atoms with E-state index in [-0.39, 0.29) is 5.82 Å². The molecule has 2 aromatic heterocycles. The fourth-order valence-electron chi connectivity index (χ4n) is 2.54. The Morgan fingerprint density at radius 1 is 1.21 bits per heavy atom. The zero-order valence-corrected chi connectivity index (χ0v) is 15.5. The lowest BCUT2D eigenvalue weighted by atomic mass is 10.2. The van der Waals surface area contributed by atoms with Crippen LogP contribution in [0.1, 0.15) is 30.7 Å². The minimum Gasteiger partial charge on any atom is -0.302 e. The van der Waals surface area contributed by atoms with Crippen LogP contribution in [0.2, 0.25) is 0 Å².